The fourth-order valence-corrected chi connectivity index (χ4v) is 3.47. The summed E-state index contributed by atoms with van der Waals surface area (Å²) in [6.45, 7) is 4.17. The van der Waals surface area contributed by atoms with Crippen LogP contribution in [0.1, 0.15) is 31.5 Å². The first kappa shape index (κ1) is 11.2. The SMILES string of the molecule is Cc1nccn1CCN1C2CCC1CC(O)C2. The fourth-order valence-electron chi connectivity index (χ4n) is 3.47. The van der Waals surface area contributed by atoms with Crippen molar-refractivity contribution in [2.75, 3.05) is 6.54 Å². The molecule has 0 amide bonds. The molecule has 94 valence electrons. The van der Waals surface area contributed by atoms with Crippen molar-refractivity contribution in [2.24, 2.45) is 0 Å². The van der Waals surface area contributed by atoms with Gasteiger partial charge in [-0.1, -0.05) is 0 Å². The summed E-state index contributed by atoms with van der Waals surface area (Å²) in [4.78, 5) is 6.85. The van der Waals surface area contributed by atoms with Gasteiger partial charge in [-0.15, -0.1) is 0 Å². The highest BCUT2D eigenvalue weighted by Gasteiger charge is 2.39. The highest BCUT2D eigenvalue weighted by Crippen LogP contribution is 2.35. The minimum absolute atomic E-state index is 0.0567. The van der Waals surface area contributed by atoms with Crippen molar-refractivity contribution in [3.8, 4) is 0 Å². The third-order valence-corrected chi connectivity index (χ3v) is 4.38. The van der Waals surface area contributed by atoms with Crippen molar-refractivity contribution in [1.82, 2.24) is 14.5 Å². The number of aryl methyl sites for hydroxylation is 1. The summed E-state index contributed by atoms with van der Waals surface area (Å²) in [7, 11) is 0. The molecule has 2 unspecified atom stereocenters. The lowest BCUT2D eigenvalue weighted by molar-refractivity contribution is 0.0337. The average Bonchev–Trinajstić information content (AvgIpc) is 2.79. The molecule has 1 aromatic rings. The van der Waals surface area contributed by atoms with Crippen LogP contribution in [-0.2, 0) is 6.54 Å². The van der Waals surface area contributed by atoms with Gasteiger partial charge in [-0.05, 0) is 32.6 Å². The van der Waals surface area contributed by atoms with Crippen molar-refractivity contribution in [3.63, 3.8) is 0 Å². The highest BCUT2D eigenvalue weighted by atomic mass is 16.3. The van der Waals surface area contributed by atoms with Crippen LogP contribution in [0.3, 0.4) is 0 Å². The van der Waals surface area contributed by atoms with Gasteiger partial charge in [0.2, 0.25) is 0 Å². The van der Waals surface area contributed by atoms with E-state index in [-0.39, 0.29) is 6.10 Å². The van der Waals surface area contributed by atoms with Crippen LogP contribution in [0.4, 0.5) is 0 Å². The number of hydrogen-bond acceptors (Lipinski definition) is 3. The molecule has 2 fully saturated rings. The molecule has 2 bridgehead atoms. The van der Waals surface area contributed by atoms with E-state index in [0.717, 1.165) is 31.8 Å². The Morgan fingerprint density at radius 3 is 2.59 bits per heavy atom. The van der Waals surface area contributed by atoms with Crippen LogP contribution in [0.25, 0.3) is 0 Å². The fraction of sp³-hybridized carbons (Fsp3) is 0.769. The first-order chi connectivity index (χ1) is 8.24. The van der Waals surface area contributed by atoms with Gasteiger partial charge >= 0.3 is 0 Å². The number of nitrogens with zero attached hydrogens (tertiary/aromatic N) is 3. The second-order valence-corrected chi connectivity index (χ2v) is 5.42. The Kier molecular flexibility index (Phi) is 2.92. The van der Waals surface area contributed by atoms with Crippen LogP contribution in [0.5, 0.6) is 0 Å². The molecule has 1 N–H and O–H groups in total. The van der Waals surface area contributed by atoms with E-state index in [9.17, 15) is 5.11 Å². The zero-order valence-corrected chi connectivity index (χ0v) is 10.4. The van der Waals surface area contributed by atoms with E-state index in [2.05, 4.69) is 27.6 Å². The number of imidazole rings is 1. The van der Waals surface area contributed by atoms with E-state index in [4.69, 9.17) is 0 Å². The Bertz CT molecular complexity index is 376. The molecule has 0 radical (unpaired) electrons. The molecule has 4 heteroatoms. The molecule has 0 aromatic carbocycles. The average molecular weight is 235 g/mol. The summed E-state index contributed by atoms with van der Waals surface area (Å²) < 4.78 is 2.21. The van der Waals surface area contributed by atoms with Crippen molar-refractivity contribution in [3.05, 3.63) is 18.2 Å². The summed E-state index contributed by atoms with van der Waals surface area (Å²) in [5.74, 6) is 1.09. The van der Waals surface area contributed by atoms with Crippen molar-refractivity contribution in [2.45, 2.75) is 57.3 Å². The molecule has 2 aliphatic rings. The van der Waals surface area contributed by atoms with Gasteiger partial charge in [-0.3, -0.25) is 4.90 Å². The Labute approximate surface area is 102 Å². The number of aliphatic hydroxyl groups is 1. The zero-order valence-electron chi connectivity index (χ0n) is 10.4. The molecule has 0 aliphatic carbocycles. The number of rotatable bonds is 3. The van der Waals surface area contributed by atoms with Gasteiger partial charge in [0, 0.05) is 37.6 Å². The lowest BCUT2D eigenvalue weighted by Gasteiger charge is -2.37. The number of hydrogen-bond donors (Lipinski definition) is 1. The molecule has 0 spiro atoms. The minimum atomic E-state index is -0.0567. The van der Waals surface area contributed by atoms with E-state index >= 15 is 0 Å². The van der Waals surface area contributed by atoms with Gasteiger partial charge in [0.15, 0.2) is 0 Å². The Hall–Kier alpha value is -0.870. The molecule has 1 aromatic heterocycles. The van der Waals surface area contributed by atoms with E-state index in [1.165, 1.54) is 12.8 Å². The summed E-state index contributed by atoms with van der Waals surface area (Å²) in [5.41, 5.74) is 0. The van der Waals surface area contributed by atoms with E-state index in [1.807, 2.05) is 6.20 Å². The van der Waals surface area contributed by atoms with Crippen LogP contribution in [0.2, 0.25) is 0 Å². The van der Waals surface area contributed by atoms with Crippen LogP contribution in [-0.4, -0.2) is 44.3 Å². The Morgan fingerprint density at radius 1 is 1.29 bits per heavy atom. The largest absolute Gasteiger partial charge is 0.393 e. The summed E-state index contributed by atoms with van der Waals surface area (Å²) in [6, 6.07) is 1.24. The van der Waals surface area contributed by atoms with E-state index < -0.39 is 0 Å². The molecule has 4 nitrogen and oxygen atoms in total. The first-order valence-electron chi connectivity index (χ1n) is 6.65. The van der Waals surface area contributed by atoms with Gasteiger partial charge in [0.1, 0.15) is 5.82 Å². The molecule has 2 atom stereocenters. The smallest absolute Gasteiger partial charge is 0.105 e. The summed E-state index contributed by atoms with van der Waals surface area (Å²) >= 11 is 0. The van der Waals surface area contributed by atoms with Crippen LogP contribution >= 0.6 is 0 Å². The summed E-state index contributed by atoms with van der Waals surface area (Å²) in [6.07, 6.45) is 8.34. The maximum atomic E-state index is 9.76. The second kappa shape index (κ2) is 4.42. The molecule has 3 heterocycles. The topological polar surface area (TPSA) is 41.3 Å². The molecule has 2 aliphatic heterocycles. The summed E-state index contributed by atoms with van der Waals surface area (Å²) in [5, 5.41) is 9.76. The van der Waals surface area contributed by atoms with Gasteiger partial charge < -0.3 is 9.67 Å². The van der Waals surface area contributed by atoms with Gasteiger partial charge in [-0.2, -0.15) is 0 Å². The maximum absolute atomic E-state index is 9.76. The van der Waals surface area contributed by atoms with Gasteiger partial charge in [-0.25, -0.2) is 4.98 Å². The Balaban J connectivity index is 1.61. The number of piperidine rings is 1. The van der Waals surface area contributed by atoms with Crippen molar-refractivity contribution >= 4 is 0 Å². The van der Waals surface area contributed by atoms with Crippen LogP contribution < -0.4 is 0 Å². The quantitative estimate of drug-likeness (QED) is 0.855. The molecule has 17 heavy (non-hydrogen) atoms. The third kappa shape index (κ3) is 2.11. The predicted molar refractivity (Wildman–Crippen MR) is 65.7 cm³/mol. The van der Waals surface area contributed by atoms with Gasteiger partial charge in [0.25, 0.3) is 0 Å². The highest BCUT2D eigenvalue weighted by molar-refractivity contribution is 4.96. The number of fused-ring (bicyclic) bond motifs is 2. The van der Waals surface area contributed by atoms with E-state index in [0.29, 0.717) is 12.1 Å². The molecular formula is C13H21N3O. The van der Waals surface area contributed by atoms with Gasteiger partial charge in [0.05, 0.1) is 6.10 Å². The Morgan fingerprint density at radius 2 is 2.00 bits per heavy atom. The maximum Gasteiger partial charge on any atom is 0.105 e. The molecule has 3 rings (SSSR count). The van der Waals surface area contributed by atoms with Crippen LogP contribution in [0.15, 0.2) is 12.4 Å². The van der Waals surface area contributed by atoms with Crippen molar-refractivity contribution < 1.29 is 5.11 Å². The lowest BCUT2D eigenvalue weighted by Crippen LogP contribution is -2.45. The molecule has 0 saturated carbocycles. The monoisotopic (exact) mass is 235 g/mol. The standard InChI is InChI=1S/C13H21N3O/c1-10-14-4-5-15(10)6-7-16-11-2-3-12(16)9-13(17)8-11/h4-5,11-13,17H,2-3,6-9H2,1H3. The molecular weight excluding hydrogens is 214 g/mol. The normalized spacial score (nSPS) is 33.2. The van der Waals surface area contributed by atoms with Crippen LogP contribution in [0, 0.1) is 6.92 Å². The van der Waals surface area contributed by atoms with Crippen molar-refractivity contribution in [1.29, 1.82) is 0 Å². The zero-order chi connectivity index (χ0) is 11.8. The number of aliphatic hydroxyl groups excluding tert-OH is 1. The number of aromatic nitrogens is 2. The predicted octanol–water partition coefficient (Wildman–Crippen LogP) is 1.18. The minimum Gasteiger partial charge on any atom is -0.393 e. The second-order valence-electron chi connectivity index (χ2n) is 5.42. The lowest BCUT2D eigenvalue weighted by atomic mass is 10.00. The first-order valence-corrected chi connectivity index (χ1v) is 6.65. The van der Waals surface area contributed by atoms with E-state index in [1.54, 1.807) is 0 Å². The molecule has 2 saturated heterocycles. The third-order valence-electron chi connectivity index (χ3n) is 4.38.